The van der Waals surface area contributed by atoms with Crippen molar-refractivity contribution in [1.82, 2.24) is 0 Å². The maximum absolute atomic E-state index is 11.1. The average molecular weight is 289 g/mol. The van der Waals surface area contributed by atoms with Crippen molar-refractivity contribution >= 4 is 34.3 Å². The molecule has 0 saturated heterocycles. The van der Waals surface area contributed by atoms with Gasteiger partial charge in [0.1, 0.15) is 0 Å². The molecule has 0 unspecified atom stereocenters. The summed E-state index contributed by atoms with van der Waals surface area (Å²) in [5.41, 5.74) is 3.13. The topological polar surface area (TPSA) is 44.4 Å². The number of hydrogen-bond donors (Lipinski definition) is 2. The highest BCUT2D eigenvalue weighted by atomic mass is 32.1. The van der Waals surface area contributed by atoms with Gasteiger partial charge in [-0.25, -0.2) is 0 Å². The molecule has 20 heavy (non-hydrogen) atoms. The van der Waals surface area contributed by atoms with Crippen molar-refractivity contribution < 1.29 is 4.79 Å². The smallest absolute Gasteiger partial charge is 0.221 e. The summed E-state index contributed by atoms with van der Waals surface area (Å²) in [5, 5.41) is 8.19. The zero-order valence-electron chi connectivity index (χ0n) is 11.9. The van der Waals surface area contributed by atoms with Gasteiger partial charge in [0.15, 0.2) is 0 Å². The molecule has 0 spiro atoms. The van der Waals surface area contributed by atoms with Gasteiger partial charge in [0.2, 0.25) is 5.91 Å². The molecule has 5 heteroatoms. The summed E-state index contributed by atoms with van der Waals surface area (Å²) < 4.78 is 0. The molecule has 1 aromatic carbocycles. The van der Waals surface area contributed by atoms with Crippen LogP contribution in [0.2, 0.25) is 0 Å². The molecule has 1 amide bonds. The molecule has 0 fully saturated rings. The normalized spacial score (nSPS) is 10.2. The molecule has 1 aromatic heterocycles. The minimum Gasteiger partial charge on any atom is -0.380 e. The van der Waals surface area contributed by atoms with E-state index in [1.807, 2.05) is 25.5 Å². The lowest BCUT2D eigenvalue weighted by molar-refractivity contribution is -0.114. The molecule has 0 aliphatic heterocycles. The van der Waals surface area contributed by atoms with Crippen molar-refractivity contribution in [3.8, 4) is 0 Å². The number of nitrogens with one attached hydrogen (secondary N) is 2. The van der Waals surface area contributed by atoms with Gasteiger partial charge >= 0.3 is 0 Å². The highest BCUT2D eigenvalue weighted by Gasteiger charge is 2.05. The number of carbonyl (C=O) groups excluding carboxylic acids is 1. The molecule has 0 aliphatic rings. The van der Waals surface area contributed by atoms with Crippen molar-refractivity contribution in [2.45, 2.75) is 13.5 Å². The largest absolute Gasteiger partial charge is 0.380 e. The van der Waals surface area contributed by atoms with Gasteiger partial charge in [-0.1, -0.05) is 0 Å². The highest BCUT2D eigenvalue weighted by Crippen LogP contribution is 2.24. The monoisotopic (exact) mass is 289 g/mol. The maximum atomic E-state index is 11.1. The predicted octanol–water partition coefficient (Wildman–Crippen LogP) is 3.38. The third-order valence-electron chi connectivity index (χ3n) is 2.89. The summed E-state index contributed by atoms with van der Waals surface area (Å²) in [6.07, 6.45) is 0. The molecule has 2 aromatic rings. The van der Waals surface area contributed by atoms with E-state index in [2.05, 4.69) is 39.8 Å². The second kappa shape index (κ2) is 6.43. The summed E-state index contributed by atoms with van der Waals surface area (Å²) in [6, 6.07) is 10.2. The third kappa shape index (κ3) is 3.74. The zero-order chi connectivity index (χ0) is 14.5. The number of benzene rings is 1. The van der Waals surface area contributed by atoms with E-state index < -0.39 is 0 Å². The first kappa shape index (κ1) is 14.4. The first-order chi connectivity index (χ1) is 9.56. The van der Waals surface area contributed by atoms with E-state index in [1.54, 1.807) is 11.3 Å². The molecule has 0 bridgehead atoms. The summed E-state index contributed by atoms with van der Waals surface area (Å²) in [4.78, 5) is 14.3. The maximum Gasteiger partial charge on any atom is 0.221 e. The standard InChI is InChI=1S/C15H19N3OS/c1-11(19)17-14-8-9-20-15(14)10-16-12-4-6-13(7-5-12)18(2)3/h4-9,16H,10H2,1-3H3,(H,17,19). The lowest BCUT2D eigenvalue weighted by Gasteiger charge is -2.13. The van der Waals surface area contributed by atoms with Gasteiger partial charge in [-0.3, -0.25) is 4.79 Å². The van der Waals surface area contributed by atoms with Crippen LogP contribution in [0.3, 0.4) is 0 Å². The zero-order valence-corrected chi connectivity index (χ0v) is 12.8. The van der Waals surface area contributed by atoms with Crippen LogP contribution in [0.5, 0.6) is 0 Å². The van der Waals surface area contributed by atoms with E-state index in [1.165, 1.54) is 12.6 Å². The molecule has 0 atom stereocenters. The number of nitrogens with zero attached hydrogens (tertiary/aromatic N) is 1. The first-order valence-electron chi connectivity index (χ1n) is 6.41. The third-order valence-corrected chi connectivity index (χ3v) is 3.81. The molecule has 0 saturated carbocycles. The summed E-state index contributed by atoms with van der Waals surface area (Å²) in [7, 11) is 4.04. The Hall–Kier alpha value is -2.01. The van der Waals surface area contributed by atoms with Crippen molar-refractivity contribution in [2.24, 2.45) is 0 Å². The van der Waals surface area contributed by atoms with Crippen LogP contribution in [0.25, 0.3) is 0 Å². The Labute approximate surface area is 123 Å². The molecule has 0 radical (unpaired) electrons. The molecular formula is C15H19N3OS. The van der Waals surface area contributed by atoms with Gasteiger partial charge in [0.25, 0.3) is 0 Å². The Morgan fingerprint density at radius 2 is 1.90 bits per heavy atom. The van der Waals surface area contributed by atoms with Gasteiger partial charge in [0.05, 0.1) is 12.2 Å². The van der Waals surface area contributed by atoms with E-state index in [0.29, 0.717) is 6.54 Å². The van der Waals surface area contributed by atoms with Gasteiger partial charge in [0, 0.05) is 37.3 Å². The molecule has 4 nitrogen and oxygen atoms in total. The Morgan fingerprint density at radius 3 is 2.50 bits per heavy atom. The molecule has 1 heterocycles. The quantitative estimate of drug-likeness (QED) is 0.887. The van der Waals surface area contributed by atoms with Gasteiger partial charge in [-0.15, -0.1) is 11.3 Å². The fraction of sp³-hybridized carbons (Fsp3) is 0.267. The van der Waals surface area contributed by atoms with Crippen LogP contribution in [0.15, 0.2) is 35.7 Å². The number of rotatable bonds is 5. The lowest BCUT2D eigenvalue weighted by Crippen LogP contribution is -2.09. The Bertz CT molecular complexity index is 575. The van der Waals surface area contributed by atoms with Crippen LogP contribution in [0, 0.1) is 0 Å². The van der Waals surface area contributed by atoms with Crippen molar-refractivity contribution in [1.29, 1.82) is 0 Å². The Morgan fingerprint density at radius 1 is 1.20 bits per heavy atom. The molecule has 0 aliphatic carbocycles. The van der Waals surface area contributed by atoms with E-state index in [0.717, 1.165) is 16.3 Å². The number of anilines is 3. The second-order valence-corrected chi connectivity index (χ2v) is 5.73. The summed E-state index contributed by atoms with van der Waals surface area (Å²) >= 11 is 1.63. The molecule has 106 valence electrons. The fourth-order valence-corrected chi connectivity index (χ4v) is 2.61. The molecule has 2 rings (SSSR count). The van der Waals surface area contributed by atoms with Crippen LogP contribution in [-0.2, 0) is 11.3 Å². The molecular weight excluding hydrogens is 270 g/mol. The summed E-state index contributed by atoms with van der Waals surface area (Å²) in [5.74, 6) is -0.0417. The van der Waals surface area contributed by atoms with Crippen LogP contribution < -0.4 is 15.5 Å². The number of thiophene rings is 1. The highest BCUT2D eigenvalue weighted by molar-refractivity contribution is 7.10. The Kier molecular flexibility index (Phi) is 4.63. The van der Waals surface area contributed by atoms with Gasteiger partial charge in [-0.2, -0.15) is 0 Å². The fourth-order valence-electron chi connectivity index (χ4n) is 1.84. The van der Waals surface area contributed by atoms with Crippen LogP contribution in [0.1, 0.15) is 11.8 Å². The Balaban J connectivity index is 1.98. The summed E-state index contributed by atoms with van der Waals surface area (Å²) in [6.45, 7) is 2.23. The van der Waals surface area contributed by atoms with Gasteiger partial charge in [-0.05, 0) is 35.7 Å². The lowest BCUT2D eigenvalue weighted by atomic mass is 10.2. The van der Waals surface area contributed by atoms with E-state index in [9.17, 15) is 4.79 Å². The first-order valence-corrected chi connectivity index (χ1v) is 7.29. The van der Waals surface area contributed by atoms with Gasteiger partial charge < -0.3 is 15.5 Å². The minimum atomic E-state index is -0.0417. The van der Waals surface area contributed by atoms with Crippen LogP contribution in [0.4, 0.5) is 17.1 Å². The van der Waals surface area contributed by atoms with E-state index in [-0.39, 0.29) is 5.91 Å². The van der Waals surface area contributed by atoms with Crippen molar-refractivity contribution in [3.63, 3.8) is 0 Å². The average Bonchev–Trinajstić information content (AvgIpc) is 2.83. The van der Waals surface area contributed by atoms with Crippen LogP contribution in [-0.4, -0.2) is 20.0 Å². The number of carbonyl (C=O) groups is 1. The van der Waals surface area contributed by atoms with Crippen molar-refractivity contribution in [3.05, 3.63) is 40.6 Å². The second-order valence-electron chi connectivity index (χ2n) is 4.73. The van der Waals surface area contributed by atoms with E-state index in [4.69, 9.17) is 0 Å². The van der Waals surface area contributed by atoms with E-state index >= 15 is 0 Å². The number of hydrogen-bond acceptors (Lipinski definition) is 4. The number of amides is 1. The van der Waals surface area contributed by atoms with Crippen LogP contribution >= 0.6 is 11.3 Å². The van der Waals surface area contributed by atoms with Crippen molar-refractivity contribution in [2.75, 3.05) is 29.6 Å². The SMILES string of the molecule is CC(=O)Nc1ccsc1CNc1ccc(N(C)C)cc1. The predicted molar refractivity (Wildman–Crippen MR) is 86.7 cm³/mol. The molecule has 2 N–H and O–H groups in total. The minimum absolute atomic E-state index is 0.0417.